The smallest absolute Gasteiger partial charge is 0.223 e. The monoisotopic (exact) mass is 401 g/mol. The Kier molecular flexibility index (Phi) is 4.98. The van der Waals surface area contributed by atoms with E-state index in [0.29, 0.717) is 12.0 Å². The SMILES string of the molecule is Cc1cnc(NC2CCOCC2)nc1-c1cnc2ccc(Nc3cccnc3)cn12. The summed E-state index contributed by atoms with van der Waals surface area (Å²) in [5.41, 5.74) is 5.53. The largest absolute Gasteiger partial charge is 0.381 e. The van der Waals surface area contributed by atoms with Gasteiger partial charge in [-0.05, 0) is 49.6 Å². The highest BCUT2D eigenvalue weighted by molar-refractivity contribution is 5.67. The lowest BCUT2D eigenvalue weighted by Gasteiger charge is -2.23. The van der Waals surface area contributed by atoms with E-state index in [9.17, 15) is 0 Å². The fraction of sp³-hybridized carbons (Fsp3) is 0.273. The zero-order valence-corrected chi connectivity index (χ0v) is 16.7. The highest BCUT2D eigenvalue weighted by Gasteiger charge is 2.17. The van der Waals surface area contributed by atoms with Gasteiger partial charge in [-0.2, -0.15) is 0 Å². The van der Waals surface area contributed by atoms with Crippen LogP contribution < -0.4 is 10.6 Å². The molecule has 152 valence electrons. The van der Waals surface area contributed by atoms with Gasteiger partial charge in [0.05, 0.1) is 35.2 Å². The van der Waals surface area contributed by atoms with Gasteiger partial charge in [0.15, 0.2) is 0 Å². The molecule has 0 amide bonds. The van der Waals surface area contributed by atoms with Gasteiger partial charge in [-0.1, -0.05) is 0 Å². The van der Waals surface area contributed by atoms with Gasteiger partial charge in [-0.3, -0.25) is 9.38 Å². The first-order valence-electron chi connectivity index (χ1n) is 10.1. The molecule has 1 fully saturated rings. The van der Waals surface area contributed by atoms with Crippen LogP contribution in [0.2, 0.25) is 0 Å². The Morgan fingerprint density at radius 3 is 2.77 bits per heavy atom. The molecule has 4 aromatic heterocycles. The summed E-state index contributed by atoms with van der Waals surface area (Å²) in [5.74, 6) is 0.641. The van der Waals surface area contributed by atoms with Crippen molar-refractivity contribution in [2.24, 2.45) is 0 Å². The number of ether oxygens (including phenoxy) is 1. The van der Waals surface area contributed by atoms with Gasteiger partial charge < -0.3 is 15.4 Å². The fourth-order valence-corrected chi connectivity index (χ4v) is 3.63. The number of nitrogens with zero attached hydrogens (tertiary/aromatic N) is 5. The maximum atomic E-state index is 5.44. The number of pyridine rings is 2. The van der Waals surface area contributed by atoms with Crippen LogP contribution in [0.25, 0.3) is 17.0 Å². The molecule has 0 atom stereocenters. The van der Waals surface area contributed by atoms with E-state index in [1.807, 2.05) is 54.2 Å². The van der Waals surface area contributed by atoms with Crippen LogP contribution in [0.5, 0.6) is 0 Å². The van der Waals surface area contributed by atoms with Crippen LogP contribution in [0.4, 0.5) is 17.3 Å². The van der Waals surface area contributed by atoms with E-state index >= 15 is 0 Å². The van der Waals surface area contributed by atoms with E-state index in [1.54, 1.807) is 12.4 Å². The zero-order valence-electron chi connectivity index (χ0n) is 16.7. The Morgan fingerprint density at radius 1 is 1.03 bits per heavy atom. The Balaban J connectivity index is 1.47. The number of aryl methyl sites for hydroxylation is 1. The van der Waals surface area contributed by atoms with Crippen molar-refractivity contribution in [3.63, 3.8) is 0 Å². The standard InChI is InChI=1S/C22H23N7O/c1-15-11-25-22(27-16-6-9-30-10-7-16)28-21(15)19-13-24-20-5-4-18(14-29(19)20)26-17-3-2-8-23-12-17/h2-5,8,11-14,16,26H,6-7,9-10H2,1H3,(H,25,27,28). The van der Waals surface area contributed by atoms with Crippen molar-refractivity contribution in [2.45, 2.75) is 25.8 Å². The lowest BCUT2D eigenvalue weighted by atomic mass is 10.1. The van der Waals surface area contributed by atoms with Crippen LogP contribution in [0, 0.1) is 6.92 Å². The molecule has 1 saturated heterocycles. The van der Waals surface area contributed by atoms with Gasteiger partial charge in [0.2, 0.25) is 5.95 Å². The Hall–Kier alpha value is -3.52. The molecule has 0 aromatic carbocycles. The van der Waals surface area contributed by atoms with Crippen LogP contribution >= 0.6 is 0 Å². The van der Waals surface area contributed by atoms with Gasteiger partial charge in [-0.25, -0.2) is 15.0 Å². The molecule has 8 heteroatoms. The van der Waals surface area contributed by atoms with E-state index in [2.05, 4.69) is 25.6 Å². The summed E-state index contributed by atoms with van der Waals surface area (Å²) >= 11 is 0. The molecule has 8 nitrogen and oxygen atoms in total. The summed E-state index contributed by atoms with van der Waals surface area (Å²) in [6, 6.07) is 8.21. The highest BCUT2D eigenvalue weighted by Crippen LogP contribution is 2.26. The molecule has 1 aliphatic rings. The summed E-state index contributed by atoms with van der Waals surface area (Å²) in [5, 5.41) is 6.83. The minimum atomic E-state index is 0.340. The second kappa shape index (κ2) is 8.08. The lowest BCUT2D eigenvalue weighted by molar-refractivity contribution is 0.0903. The summed E-state index contributed by atoms with van der Waals surface area (Å²) in [4.78, 5) is 18.0. The maximum Gasteiger partial charge on any atom is 0.223 e. The molecule has 0 bridgehead atoms. The Bertz CT molecular complexity index is 1150. The van der Waals surface area contributed by atoms with Crippen molar-refractivity contribution in [3.8, 4) is 11.4 Å². The van der Waals surface area contributed by atoms with Gasteiger partial charge >= 0.3 is 0 Å². The molecule has 4 aromatic rings. The summed E-state index contributed by atoms with van der Waals surface area (Å²) in [6.07, 6.45) is 11.2. The van der Waals surface area contributed by atoms with E-state index in [1.165, 1.54) is 0 Å². The van der Waals surface area contributed by atoms with Gasteiger partial charge in [0.1, 0.15) is 5.65 Å². The Labute approximate surface area is 174 Å². The molecule has 5 rings (SSSR count). The number of fused-ring (bicyclic) bond motifs is 1. The maximum absolute atomic E-state index is 5.44. The van der Waals surface area contributed by atoms with Gasteiger partial charge in [0, 0.05) is 37.8 Å². The average molecular weight is 401 g/mol. The number of imidazole rings is 1. The minimum Gasteiger partial charge on any atom is -0.381 e. The molecule has 1 aliphatic heterocycles. The lowest BCUT2D eigenvalue weighted by Crippen LogP contribution is -2.28. The van der Waals surface area contributed by atoms with Crippen LogP contribution in [0.3, 0.4) is 0 Å². The number of hydrogen-bond acceptors (Lipinski definition) is 7. The molecule has 0 radical (unpaired) electrons. The van der Waals surface area contributed by atoms with E-state index < -0.39 is 0 Å². The van der Waals surface area contributed by atoms with Crippen LogP contribution in [-0.4, -0.2) is 43.6 Å². The molecule has 5 heterocycles. The van der Waals surface area contributed by atoms with Crippen molar-refractivity contribution < 1.29 is 4.74 Å². The number of hydrogen-bond donors (Lipinski definition) is 2. The first-order chi connectivity index (χ1) is 14.8. The van der Waals surface area contributed by atoms with Crippen molar-refractivity contribution in [1.29, 1.82) is 0 Å². The van der Waals surface area contributed by atoms with Crippen molar-refractivity contribution in [3.05, 3.63) is 60.8 Å². The predicted octanol–water partition coefficient (Wildman–Crippen LogP) is 3.83. The van der Waals surface area contributed by atoms with Gasteiger partial charge in [-0.15, -0.1) is 0 Å². The molecule has 0 saturated carbocycles. The fourth-order valence-electron chi connectivity index (χ4n) is 3.63. The highest BCUT2D eigenvalue weighted by atomic mass is 16.5. The van der Waals surface area contributed by atoms with Crippen LogP contribution in [0.15, 0.2) is 55.2 Å². The average Bonchev–Trinajstić information content (AvgIpc) is 3.20. The van der Waals surface area contributed by atoms with Crippen molar-refractivity contribution in [1.82, 2.24) is 24.3 Å². The first kappa shape index (κ1) is 18.5. The van der Waals surface area contributed by atoms with E-state index in [4.69, 9.17) is 9.72 Å². The molecule has 2 N–H and O–H groups in total. The summed E-state index contributed by atoms with van der Waals surface area (Å²) in [6.45, 7) is 3.57. The minimum absolute atomic E-state index is 0.340. The van der Waals surface area contributed by atoms with Crippen molar-refractivity contribution >= 4 is 23.0 Å². The van der Waals surface area contributed by atoms with Crippen LogP contribution in [0.1, 0.15) is 18.4 Å². The van der Waals surface area contributed by atoms with Gasteiger partial charge in [0.25, 0.3) is 0 Å². The summed E-state index contributed by atoms with van der Waals surface area (Å²) in [7, 11) is 0. The first-order valence-corrected chi connectivity index (χ1v) is 10.1. The van der Waals surface area contributed by atoms with E-state index in [-0.39, 0.29) is 0 Å². The van der Waals surface area contributed by atoms with Crippen molar-refractivity contribution in [2.75, 3.05) is 23.8 Å². The molecule has 0 spiro atoms. The number of nitrogens with one attached hydrogen (secondary N) is 2. The zero-order chi connectivity index (χ0) is 20.3. The normalized spacial score (nSPS) is 14.7. The third-order valence-electron chi connectivity index (χ3n) is 5.22. The predicted molar refractivity (Wildman–Crippen MR) is 116 cm³/mol. The molecular formula is C22H23N7O. The Morgan fingerprint density at radius 2 is 1.93 bits per heavy atom. The summed E-state index contributed by atoms with van der Waals surface area (Å²) < 4.78 is 7.49. The molecular weight excluding hydrogens is 378 g/mol. The number of rotatable bonds is 5. The topological polar surface area (TPSA) is 89.3 Å². The third-order valence-corrected chi connectivity index (χ3v) is 5.22. The second-order valence-corrected chi connectivity index (χ2v) is 7.41. The molecule has 30 heavy (non-hydrogen) atoms. The molecule has 0 unspecified atom stereocenters. The number of anilines is 3. The second-order valence-electron chi connectivity index (χ2n) is 7.41. The molecule has 0 aliphatic carbocycles. The third kappa shape index (κ3) is 3.81. The quantitative estimate of drug-likeness (QED) is 0.525. The van der Waals surface area contributed by atoms with E-state index in [0.717, 1.165) is 60.0 Å². The van der Waals surface area contributed by atoms with Crippen LogP contribution in [-0.2, 0) is 4.74 Å². The number of aromatic nitrogens is 5.